The molecule has 1 aliphatic heterocycles. The van der Waals surface area contributed by atoms with Gasteiger partial charge in [-0.05, 0) is 48.7 Å². The van der Waals surface area contributed by atoms with E-state index < -0.39 is 5.60 Å². The van der Waals surface area contributed by atoms with Crippen molar-refractivity contribution >= 4 is 17.5 Å². The zero-order valence-corrected chi connectivity index (χ0v) is 13.9. The van der Waals surface area contributed by atoms with Crippen LogP contribution in [0.5, 0.6) is 5.75 Å². The number of hydrogen-bond acceptors (Lipinski definition) is 4. The van der Waals surface area contributed by atoms with Crippen LogP contribution in [0.2, 0.25) is 5.02 Å². The Hall–Kier alpha value is -2.11. The standard InChI is InChI=1S/C18H19ClN2O3/c19-16-2-1-14(22)11-15(16)17(23)21-9-5-18(24,6-10-21)12-13-3-7-20-8-4-13/h1-4,7-8,11,22,24H,5-6,9-10,12H2. The Bertz CT molecular complexity index is 728. The van der Waals surface area contributed by atoms with Gasteiger partial charge in [-0.15, -0.1) is 0 Å². The fraction of sp³-hybridized carbons (Fsp3) is 0.333. The van der Waals surface area contributed by atoms with Crippen molar-refractivity contribution in [2.24, 2.45) is 0 Å². The third-order valence-electron chi connectivity index (χ3n) is 4.44. The minimum atomic E-state index is -0.819. The highest BCUT2D eigenvalue weighted by atomic mass is 35.5. The molecule has 0 bridgehead atoms. The van der Waals surface area contributed by atoms with Crippen LogP contribution < -0.4 is 0 Å². The number of amides is 1. The highest BCUT2D eigenvalue weighted by Gasteiger charge is 2.34. The van der Waals surface area contributed by atoms with Gasteiger partial charge in [0.1, 0.15) is 5.75 Å². The van der Waals surface area contributed by atoms with Gasteiger partial charge < -0.3 is 15.1 Å². The summed E-state index contributed by atoms with van der Waals surface area (Å²) in [6.45, 7) is 0.902. The molecule has 0 unspecified atom stereocenters. The predicted octanol–water partition coefficient (Wildman–Crippen LogP) is 2.65. The van der Waals surface area contributed by atoms with Gasteiger partial charge in [0.25, 0.3) is 5.91 Å². The number of halogens is 1. The third-order valence-corrected chi connectivity index (χ3v) is 4.77. The molecular weight excluding hydrogens is 328 g/mol. The summed E-state index contributed by atoms with van der Waals surface area (Å²) in [7, 11) is 0. The van der Waals surface area contributed by atoms with Crippen molar-refractivity contribution in [2.45, 2.75) is 24.9 Å². The number of nitrogens with zero attached hydrogens (tertiary/aromatic N) is 2. The number of aromatic nitrogens is 1. The van der Waals surface area contributed by atoms with E-state index >= 15 is 0 Å². The second-order valence-corrected chi connectivity index (χ2v) is 6.62. The largest absolute Gasteiger partial charge is 0.508 e. The topological polar surface area (TPSA) is 73.7 Å². The molecule has 1 amide bonds. The van der Waals surface area contributed by atoms with Crippen molar-refractivity contribution in [3.8, 4) is 5.75 Å². The van der Waals surface area contributed by atoms with Crippen LogP contribution in [0.25, 0.3) is 0 Å². The van der Waals surface area contributed by atoms with Crippen LogP contribution in [0.4, 0.5) is 0 Å². The molecule has 24 heavy (non-hydrogen) atoms. The molecule has 0 spiro atoms. The average Bonchev–Trinajstić information content (AvgIpc) is 2.58. The van der Waals surface area contributed by atoms with Crippen LogP contribution >= 0.6 is 11.6 Å². The normalized spacial score (nSPS) is 16.8. The average molecular weight is 347 g/mol. The van der Waals surface area contributed by atoms with E-state index in [1.807, 2.05) is 12.1 Å². The smallest absolute Gasteiger partial charge is 0.255 e. The van der Waals surface area contributed by atoms with Crippen LogP contribution in [0.1, 0.15) is 28.8 Å². The number of pyridine rings is 1. The number of hydrogen-bond donors (Lipinski definition) is 2. The van der Waals surface area contributed by atoms with E-state index in [-0.39, 0.29) is 17.2 Å². The number of phenolic OH excluding ortho intramolecular Hbond substituents is 1. The maximum atomic E-state index is 12.6. The molecule has 1 aromatic carbocycles. The molecule has 0 radical (unpaired) electrons. The van der Waals surface area contributed by atoms with Crippen LogP contribution in [-0.4, -0.2) is 44.7 Å². The molecule has 1 aromatic heterocycles. The fourth-order valence-electron chi connectivity index (χ4n) is 3.03. The number of piperidine rings is 1. The number of carbonyl (C=O) groups excluding carboxylic acids is 1. The third kappa shape index (κ3) is 3.68. The Balaban J connectivity index is 1.66. The maximum Gasteiger partial charge on any atom is 0.255 e. The number of carbonyl (C=O) groups is 1. The lowest BCUT2D eigenvalue weighted by Crippen LogP contribution is -2.47. The van der Waals surface area contributed by atoms with Gasteiger partial charge >= 0.3 is 0 Å². The molecule has 2 aromatic rings. The molecule has 6 heteroatoms. The Kier molecular flexibility index (Phi) is 4.73. The molecule has 0 atom stereocenters. The summed E-state index contributed by atoms with van der Waals surface area (Å²) in [6.07, 6.45) is 4.96. The van der Waals surface area contributed by atoms with Crippen LogP contribution in [0.3, 0.4) is 0 Å². The van der Waals surface area contributed by atoms with Crippen molar-refractivity contribution in [1.82, 2.24) is 9.88 Å². The van der Waals surface area contributed by atoms with Crippen molar-refractivity contribution in [3.63, 3.8) is 0 Å². The molecule has 0 aliphatic carbocycles. The van der Waals surface area contributed by atoms with Gasteiger partial charge in [-0.3, -0.25) is 9.78 Å². The Labute approximate surface area is 145 Å². The molecule has 0 saturated carbocycles. The van der Waals surface area contributed by atoms with Crippen molar-refractivity contribution < 1.29 is 15.0 Å². The second kappa shape index (κ2) is 6.79. The van der Waals surface area contributed by atoms with Gasteiger partial charge in [0, 0.05) is 31.9 Å². The number of rotatable bonds is 3. The molecule has 5 nitrogen and oxygen atoms in total. The lowest BCUT2D eigenvalue weighted by molar-refractivity contribution is -0.0162. The van der Waals surface area contributed by atoms with Crippen LogP contribution in [0.15, 0.2) is 42.7 Å². The second-order valence-electron chi connectivity index (χ2n) is 6.21. The van der Waals surface area contributed by atoms with E-state index in [9.17, 15) is 15.0 Å². The summed E-state index contributed by atoms with van der Waals surface area (Å²) in [6, 6.07) is 8.11. The lowest BCUT2D eigenvalue weighted by atomic mass is 9.85. The first-order chi connectivity index (χ1) is 11.5. The zero-order chi connectivity index (χ0) is 17.2. The first-order valence-corrected chi connectivity index (χ1v) is 8.24. The summed E-state index contributed by atoms with van der Waals surface area (Å²) < 4.78 is 0. The Morgan fingerprint density at radius 1 is 1.21 bits per heavy atom. The summed E-state index contributed by atoms with van der Waals surface area (Å²) in [4.78, 5) is 18.2. The summed E-state index contributed by atoms with van der Waals surface area (Å²) in [5.74, 6) is -0.212. The monoisotopic (exact) mass is 346 g/mol. The van der Waals surface area contributed by atoms with E-state index in [4.69, 9.17) is 11.6 Å². The van der Waals surface area contributed by atoms with Gasteiger partial charge in [0.05, 0.1) is 16.2 Å². The first kappa shape index (κ1) is 16.7. The SMILES string of the molecule is O=C(c1cc(O)ccc1Cl)N1CCC(O)(Cc2ccncc2)CC1. The molecule has 2 N–H and O–H groups in total. The molecule has 1 saturated heterocycles. The van der Waals surface area contributed by atoms with Gasteiger partial charge in [-0.1, -0.05) is 11.6 Å². The highest BCUT2D eigenvalue weighted by molar-refractivity contribution is 6.33. The summed E-state index contributed by atoms with van der Waals surface area (Å²) >= 11 is 6.06. The molecule has 2 heterocycles. The minimum absolute atomic E-state index is 0.00829. The van der Waals surface area contributed by atoms with Crippen LogP contribution in [-0.2, 0) is 6.42 Å². The quantitative estimate of drug-likeness (QED) is 0.896. The first-order valence-electron chi connectivity index (χ1n) is 7.86. The van der Waals surface area contributed by atoms with Crippen molar-refractivity contribution in [1.29, 1.82) is 0 Å². The van der Waals surface area contributed by atoms with Gasteiger partial charge in [0.15, 0.2) is 0 Å². The van der Waals surface area contributed by atoms with E-state index in [1.165, 1.54) is 18.2 Å². The van der Waals surface area contributed by atoms with E-state index in [0.717, 1.165) is 5.56 Å². The lowest BCUT2D eigenvalue weighted by Gasteiger charge is -2.38. The van der Waals surface area contributed by atoms with E-state index in [0.29, 0.717) is 37.4 Å². The molecule has 1 fully saturated rings. The van der Waals surface area contributed by atoms with Gasteiger partial charge in [-0.2, -0.15) is 0 Å². The van der Waals surface area contributed by atoms with E-state index in [1.54, 1.807) is 17.3 Å². The Morgan fingerprint density at radius 2 is 1.88 bits per heavy atom. The number of benzene rings is 1. The molecule has 3 rings (SSSR count). The predicted molar refractivity (Wildman–Crippen MR) is 91.1 cm³/mol. The van der Waals surface area contributed by atoms with Crippen molar-refractivity contribution in [3.05, 3.63) is 58.9 Å². The van der Waals surface area contributed by atoms with Gasteiger partial charge in [-0.25, -0.2) is 0 Å². The molecular formula is C18H19ClN2O3. The zero-order valence-electron chi connectivity index (χ0n) is 13.2. The summed E-state index contributed by atoms with van der Waals surface area (Å²) in [5.41, 5.74) is 0.500. The minimum Gasteiger partial charge on any atom is -0.508 e. The van der Waals surface area contributed by atoms with Crippen molar-refractivity contribution in [2.75, 3.05) is 13.1 Å². The van der Waals surface area contributed by atoms with Crippen LogP contribution in [0, 0.1) is 0 Å². The van der Waals surface area contributed by atoms with Gasteiger partial charge in [0.2, 0.25) is 0 Å². The Morgan fingerprint density at radius 3 is 2.54 bits per heavy atom. The summed E-state index contributed by atoms with van der Waals surface area (Å²) in [5, 5.41) is 20.6. The molecule has 1 aliphatic rings. The fourth-order valence-corrected chi connectivity index (χ4v) is 3.23. The number of aliphatic hydroxyl groups is 1. The van der Waals surface area contributed by atoms with E-state index in [2.05, 4.69) is 4.98 Å². The maximum absolute atomic E-state index is 12.6. The molecule has 126 valence electrons. The number of aromatic hydroxyl groups is 1. The number of phenols is 1. The highest BCUT2D eigenvalue weighted by Crippen LogP contribution is 2.29. The number of likely N-dealkylation sites (tertiary alicyclic amines) is 1.